The molecule has 1 N–H and O–H groups in total. The number of anilines is 1. The molecular formula is C16H22N2O2. The Morgan fingerprint density at radius 3 is 2.75 bits per heavy atom. The summed E-state index contributed by atoms with van der Waals surface area (Å²) < 4.78 is 11.2. The van der Waals surface area contributed by atoms with Crippen LogP contribution in [0, 0.1) is 0 Å². The van der Waals surface area contributed by atoms with Crippen LogP contribution < -0.4 is 14.8 Å². The van der Waals surface area contributed by atoms with Crippen molar-refractivity contribution in [2.75, 3.05) is 25.1 Å². The van der Waals surface area contributed by atoms with Crippen LogP contribution >= 0.6 is 0 Å². The van der Waals surface area contributed by atoms with Crippen LogP contribution in [-0.2, 0) is 0 Å². The minimum absolute atomic E-state index is 0.549. The summed E-state index contributed by atoms with van der Waals surface area (Å²) in [5, 5.41) is 3.66. The Morgan fingerprint density at radius 1 is 1.15 bits per heavy atom. The Kier molecular flexibility index (Phi) is 2.99. The van der Waals surface area contributed by atoms with E-state index in [-0.39, 0.29) is 0 Å². The van der Waals surface area contributed by atoms with Crippen molar-refractivity contribution >= 4 is 5.69 Å². The van der Waals surface area contributed by atoms with Crippen molar-refractivity contribution in [2.45, 2.75) is 44.3 Å². The van der Waals surface area contributed by atoms with Crippen LogP contribution in [-0.4, -0.2) is 42.8 Å². The van der Waals surface area contributed by atoms with Gasteiger partial charge in [-0.2, -0.15) is 0 Å². The second-order valence-electron chi connectivity index (χ2n) is 6.21. The van der Waals surface area contributed by atoms with Gasteiger partial charge in [0, 0.05) is 36.4 Å². The van der Waals surface area contributed by atoms with Crippen LogP contribution in [0.3, 0.4) is 0 Å². The molecular weight excluding hydrogens is 252 g/mol. The van der Waals surface area contributed by atoms with Crippen molar-refractivity contribution in [3.8, 4) is 11.5 Å². The predicted molar refractivity (Wildman–Crippen MR) is 78.6 cm³/mol. The summed E-state index contributed by atoms with van der Waals surface area (Å²) in [5.74, 6) is 1.73. The number of fused-ring (bicyclic) bond motifs is 1. The highest BCUT2D eigenvalue weighted by Crippen LogP contribution is 2.36. The lowest BCUT2D eigenvalue weighted by molar-refractivity contribution is 0.171. The first-order valence-electron chi connectivity index (χ1n) is 7.71. The molecule has 2 heterocycles. The van der Waals surface area contributed by atoms with Crippen LogP contribution in [0.15, 0.2) is 18.2 Å². The molecule has 4 rings (SSSR count). The highest BCUT2D eigenvalue weighted by Gasteiger charge is 2.38. The van der Waals surface area contributed by atoms with Gasteiger partial charge in [0.05, 0.1) is 0 Å². The van der Waals surface area contributed by atoms with Crippen LogP contribution in [0.5, 0.6) is 11.5 Å². The van der Waals surface area contributed by atoms with Gasteiger partial charge in [-0.3, -0.25) is 4.90 Å². The molecule has 2 aliphatic heterocycles. The van der Waals surface area contributed by atoms with E-state index in [0.29, 0.717) is 25.3 Å². The predicted octanol–water partition coefficient (Wildman–Crippen LogP) is 2.49. The van der Waals surface area contributed by atoms with Gasteiger partial charge in [0.1, 0.15) is 13.2 Å². The fourth-order valence-electron chi connectivity index (χ4n) is 3.44. The molecule has 1 saturated heterocycles. The number of hydrogen-bond acceptors (Lipinski definition) is 4. The summed E-state index contributed by atoms with van der Waals surface area (Å²) >= 11 is 0. The number of likely N-dealkylation sites (tertiary alicyclic amines) is 1. The van der Waals surface area contributed by atoms with Gasteiger partial charge < -0.3 is 14.8 Å². The van der Waals surface area contributed by atoms with Crippen LogP contribution in [0.1, 0.15) is 26.2 Å². The number of benzene rings is 1. The first-order chi connectivity index (χ1) is 9.79. The van der Waals surface area contributed by atoms with E-state index >= 15 is 0 Å². The van der Waals surface area contributed by atoms with Crippen molar-refractivity contribution in [2.24, 2.45) is 0 Å². The first kappa shape index (κ1) is 12.3. The lowest BCUT2D eigenvalue weighted by atomic mass is 10.1. The number of hydrogen-bond donors (Lipinski definition) is 1. The Bertz CT molecular complexity index is 501. The topological polar surface area (TPSA) is 33.7 Å². The fourth-order valence-corrected chi connectivity index (χ4v) is 3.44. The quantitative estimate of drug-likeness (QED) is 0.918. The van der Waals surface area contributed by atoms with Crippen LogP contribution in [0.25, 0.3) is 0 Å². The van der Waals surface area contributed by atoms with Crippen molar-refractivity contribution in [1.29, 1.82) is 0 Å². The number of nitrogens with one attached hydrogen (secondary N) is 1. The molecule has 0 radical (unpaired) electrons. The third-order valence-electron chi connectivity index (χ3n) is 4.55. The maximum Gasteiger partial charge on any atom is 0.163 e. The number of ether oxygens (including phenoxy) is 2. The van der Waals surface area contributed by atoms with E-state index in [0.717, 1.165) is 23.2 Å². The largest absolute Gasteiger partial charge is 0.486 e. The van der Waals surface area contributed by atoms with Gasteiger partial charge in [0.2, 0.25) is 0 Å². The zero-order chi connectivity index (χ0) is 13.5. The third kappa shape index (κ3) is 2.33. The van der Waals surface area contributed by atoms with Gasteiger partial charge in [-0.25, -0.2) is 0 Å². The first-order valence-corrected chi connectivity index (χ1v) is 7.71. The van der Waals surface area contributed by atoms with Gasteiger partial charge in [0.15, 0.2) is 11.5 Å². The molecule has 3 aliphatic rings. The standard InChI is InChI=1S/C16H22N2O2/c1-11-8-13(10-18(11)14-3-4-14)17-12-2-5-15-16(9-12)20-7-6-19-15/h2,5,9,11,13-14,17H,3-4,6-8,10H2,1H3. The average molecular weight is 274 g/mol. The molecule has 0 amide bonds. The molecule has 0 spiro atoms. The number of rotatable bonds is 3. The van der Waals surface area contributed by atoms with Gasteiger partial charge in [0.25, 0.3) is 0 Å². The van der Waals surface area contributed by atoms with Gasteiger partial charge in [-0.15, -0.1) is 0 Å². The molecule has 0 aromatic heterocycles. The summed E-state index contributed by atoms with van der Waals surface area (Å²) in [7, 11) is 0. The zero-order valence-electron chi connectivity index (χ0n) is 12.0. The molecule has 0 bridgehead atoms. The molecule has 2 fully saturated rings. The monoisotopic (exact) mass is 274 g/mol. The highest BCUT2D eigenvalue weighted by molar-refractivity contribution is 5.55. The van der Waals surface area contributed by atoms with Gasteiger partial charge in [-0.05, 0) is 38.3 Å². The van der Waals surface area contributed by atoms with Crippen molar-refractivity contribution in [1.82, 2.24) is 4.90 Å². The van der Waals surface area contributed by atoms with E-state index in [1.54, 1.807) is 0 Å². The molecule has 1 aliphatic carbocycles. The molecule has 4 nitrogen and oxygen atoms in total. The van der Waals surface area contributed by atoms with Gasteiger partial charge >= 0.3 is 0 Å². The maximum atomic E-state index is 5.64. The Balaban J connectivity index is 1.44. The summed E-state index contributed by atoms with van der Waals surface area (Å²) in [4.78, 5) is 2.66. The summed E-state index contributed by atoms with van der Waals surface area (Å²) in [6.07, 6.45) is 4.01. The summed E-state index contributed by atoms with van der Waals surface area (Å²) in [6, 6.07) is 8.28. The van der Waals surface area contributed by atoms with E-state index in [9.17, 15) is 0 Å². The maximum absolute atomic E-state index is 5.64. The Morgan fingerprint density at radius 2 is 1.95 bits per heavy atom. The van der Waals surface area contributed by atoms with Gasteiger partial charge in [-0.1, -0.05) is 0 Å². The normalized spacial score (nSPS) is 29.4. The highest BCUT2D eigenvalue weighted by atomic mass is 16.6. The SMILES string of the molecule is CC1CC(Nc2ccc3c(c2)OCCO3)CN1C1CC1. The smallest absolute Gasteiger partial charge is 0.163 e. The lowest BCUT2D eigenvalue weighted by Crippen LogP contribution is -2.31. The van der Waals surface area contributed by atoms with E-state index in [2.05, 4.69) is 29.3 Å². The van der Waals surface area contributed by atoms with E-state index < -0.39 is 0 Å². The van der Waals surface area contributed by atoms with Crippen molar-refractivity contribution in [3.63, 3.8) is 0 Å². The second-order valence-corrected chi connectivity index (χ2v) is 6.21. The van der Waals surface area contributed by atoms with E-state index in [1.165, 1.54) is 25.8 Å². The molecule has 20 heavy (non-hydrogen) atoms. The van der Waals surface area contributed by atoms with Crippen molar-refractivity contribution in [3.05, 3.63) is 18.2 Å². The Labute approximate surface area is 120 Å². The van der Waals surface area contributed by atoms with Crippen molar-refractivity contribution < 1.29 is 9.47 Å². The molecule has 1 aromatic carbocycles. The van der Waals surface area contributed by atoms with E-state index in [4.69, 9.17) is 9.47 Å². The van der Waals surface area contributed by atoms with Crippen LogP contribution in [0.2, 0.25) is 0 Å². The Hall–Kier alpha value is -1.42. The molecule has 108 valence electrons. The lowest BCUT2D eigenvalue weighted by Gasteiger charge is -2.21. The van der Waals surface area contributed by atoms with Crippen LogP contribution in [0.4, 0.5) is 5.69 Å². The molecule has 4 heteroatoms. The minimum atomic E-state index is 0.549. The molecule has 2 unspecified atom stereocenters. The fraction of sp³-hybridized carbons (Fsp3) is 0.625. The average Bonchev–Trinajstić information content (AvgIpc) is 3.23. The second kappa shape index (κ2) is 4.85. The minimum Gasteiger partial charge on any atom is -0.486 e. The third-order valence-corrected chi connectivity index (χ3v) is 4.55. The zero-order valence-corrected chi connectivity index (χ0v) is 12.0. The summed E-state index contributed by atoms with van der Waals surface area (Å²) in [6.45, 7) is 4.81. The number of nitrogens with zero attached hydrogens (tertiary/aromatic N) is 1. The molecule has 1 saturated carbocycles. The molecule has 2 atom stereocenters. The molecule has 1 aromatic rings. The summed E-state index contributed by atoms with van der Waals surface area (Å²) in [5.41, 5.74) is 1.14. The van der Waals surface area contributed by atoms with E-state index in [1.807, 2.05) is 6.07 Å².